The van der Waals surface area contributed by atoms with Gasteiger partial charge in [-0.2, -0.15) is 0 Å². The van der Waals surface area contributed by atoms with Gasteiger partial charge in [-0.3, -0.25) is 14.9 Å². The van der Waals surface area contributed by atoms with Crippen LogP contribution in [0.5, 0.6) is 0 Å². The van der Waals surface area contributed by atoms with Crippen molar-refractivity contribution in [3.63, 3.8) is 0 Å². The Kier molecular flexibility index (Phi) is 2.81. The van der Waals surface area contributed by atoms with Gasteiger partial charge in [0.25, 0.3) is 5.69 Å². The van der Waals surface area contributed by atoms with Crippen molar-refractivity contribution in [3.05, 3.63) is 33.9 Å². The molecule has 1 aromatic carbocycles. The van der Waals surface area contributed by atoms with Crippen LogP contribution in [-0.4, -0.2) is 17.8 Å². The Bertz CT molecular complexity index is 388. The first-order valence-electron chi connectivity index (χ1n) is 4.03. The molecule has 0 spiro atoms. The van der Waals surface area contributed by atoms with Gasteiger partial charge in [0.1, 0.15) is 0 Å². The number of benzene rings is 1. The SMILES string of the molecule is CNc1ccc([N+](=O)[O-])cc1C(C)=O. The number of Topliss-reactive ketones (excluding diaryl/α,β-unsaturated/α-hetero) is 1. The lowest BCUT2D eigenvalue weighted by atomic mass is 10.1. The zero-order chi connectivity index (χ0) is 10.7. The number of hydrogen-bond acceptors (Lipinski definition) is 4. The van der Waals surface area contributed by atoms with E-state index in [-0.39, 0.29) is 11.5 Å². The summed E-state index contributed by atoms with van der Waals surface area (Å²) >= 11 is 0. The van der Waals surface area contributed by atoms with Gasteiger partial charge < -0.3 is 5.32 Å². The van der Waals surface area contributed by atoms with E-state index in [9.17, 15) is 14.9 Å². The van der Waals surface area contributed by atoms with E-state index >= 15 is 0 Å². The molecular weight excluding hydrogens is 184 g/mol. The van der Waals surface area contributed by atoms with Crippen molar-refractivity contribution in [2.45, 2.75) is 6.92 Å². The third-order valence-corrected chi connectivity index (χ3v) is 1.86. The predicted molar refractivity (Wildman–Crippen MR) is 52.6 cm³/mol. The standard InChI is InChI=1S/C9H10N2O3/c1-6(12)8-5-7(11(13)14)3-4-9(8)10-2/h3-5,10H,1-2H3. The molecule has 74 valence electrons. The maximum atomic E-state index is 11.1. The maximum Gasteiger partial charge on any atom is 0.270 e. The summed E-state index contributed by atoms with van der Waals surface area (Å²) in [5, 5.41) is 13.2. The van der Waals surface area contributed by atoms with Crippen molar-refractivity contribution < 1.29 is 9.72 Å². The number of anilines is 1. The number of rotatable bonds is 3. The highest BCUT2D eigenvalue weighted by molar-refractivity contribution is 6.00. The molecule has 0 atom stereocenters. The minimum absolute atomic E-state index is 0.0748. The number of ketones is 1. The summed E-state index contributed by atoms with van der Waals surface area (Å²) in [6.07, 6.45) is 0. The lowest BCUT2D eigenvalue weighted by molar-refractivity contribution is -0.384. The van der Waals surface area contributed by atoms with Crippen LogP contribution in [0.25, 0.3) is 0 Å². The molecule has 5 heteroatoms. The average molecular weight is 194 g/mol. The van der Waals surface area contributed by atoms with E-state index in [2.05, 4.69) is 5.32 Å². The van der Waals surface area contributed by atoms with E-state index in [0.717, 1.165) is 0 Å². The molecule has 0 radical (unpaired) electrons. The largest absolute Gasteiger partial charge is 0.388 e. The molecular formula is C9H10N2O3. The second-order valence-corrected chi connectivity index (χ2v) is 2.79. The second-order valence-electron chi connectivity index (χ2n) is 2.79. The molecule has 0 aliphatic carbocycles. The van der Waals surface area contributed by atoms with Gasteiger partial charge in [0, 0.05) is 30.4 Å². The summed E-state index contributed by atoms with van der Waals surface area (Å²) in [7, 11) is 1.66. The van der Waals surface area contributed by atoms with Crippen LogP contribution in [0.4, 0.5) is 11.4 Å². The molecule has 1 rings (SSSR count). The minimum Gasteiger partial charge on any atom is -0.388 e. The number of nitro benzene ring substituents is 1. The van der Waals surface area contributed by atoms with Crippen LogP contribution in [0.3, 0.4) is 0 Å². The molecule has 0 saturated heterocycles. The third-order valence-electron chi connectivity index (χ3n) is 1.86. The fourth-order valence-corrected chi connectivity index (χ4v) is 1.16. The minimum atomic E-state index is -0.522. The topological polar surface area (TPSA) is 72.2 Å². The van der Waals surface area contributed by atoms with Gasteiger partial charge in [-0.1, -0.05) is 0 Å². The van der Waals surface area contributed by atoms with E-state index in [1.165, 1.54) is 25.1 Å². The molecule has 0 bridgehead atoms. The fourth-order valence-electron chi connectivity index (χ4n) is 1.16. The van der Waals surface area contributed by atoms with Gasteiger partial charge in [0.2, 0.25) is 0 Å². The van der Waals surface area contributed by atoms with Gasteiger partial charge >= 0.3 is 0 Å². The Labute approximate surface area is 80.9 Å². The predicted octanol–water partition coefficient (Wildman–Crippen LogP) is 1.84. The van der Waals surface area contributed by atoms with E-state index in [1.54, 1.807) is 7.05 Å². The van der Waals surface area contributed by atoms with Crippen molar-refractivity contribution in [1.29, 1.82) is 0 Å². The lowest BCUT2D eigenvalue weighted by Gasteiger charge is -2.04. The Morgan fingerprint density at radius 1 is 1.50 bits per heavy atom. The zero-order valence-corrected chi connectivity index (χ0v) is 7.90. The van der Waals surface area contributed by atoms with Crippen molar-refractivity contribution >= 4 is 17.2 Å². The quantitative estimate of drug-likeness (QED) is 0.452. The number of carbonyl (C=O) groups is 1. The summed E-state index contributed by atoms with van der Waals surface area (Å²) in [5.74, 6) is -0.196. The highest BCUT2D eigenvalue weighted by Gasteiger charge is 2.12. The number of nitrogens with zero attached hydrogens (tertiary/aromatic N) is 1. The van der Waals surface area contributed by atoms with Gasteiger partial charge in [-0.25, -0.2) is 0 Å². The Hall–Kier alpha value is -1.91. The first kappa shape index (κ1) is 10.2. The van der Waals surface area contributed by atoms with Crippen LogP contribution in [-0.2, 0) is 0 Å². The molecule has 0 fully saturated rings. The summed E-state index contributed by atoms with van der Waals surface area (Å²) in [5.41, 5.74) is 0.860. The molecule has 0 heterocycles. The molecule has 0 unspecified atom stereocenters. The number of non-ortho nitro benzene ring substituents is 1. The summed E-state index contributed by atoms with van der Waals surface area (Å²) < 4.78 is 0. The van der Waals surface area contributed by atoms with Crippen LogP contribution in [0.15, 0.2) is 18.2 Å². The van der Waals surface area contributed by atoms with Crippen molar-refractivity contribution in [1.82, 2.24) is 0 Å². The number of nitro groups is 1. The summed E-state index contributed by atoms with van der Waals surface area (Å²) in [4.78, 5) is 21.1. The molecule has 0 aliphatic rings. The first-order valence-corrected chi connectivity index (χ1v) is 4.03. The molecule has 0 aromatic heterocycles. The number of hydrogen-bond donors (Lipinski definition) is 1. The average Bonchev–Trinajstić information content (AvgIpc) is 2.16. The highest BCUT2D eigenvalue weighted by Crippen LogP contribution is 2.21. The van der Waals surface area contributed by atoms with Gasteiger partial charge in [0.05, 0.1) is 4.92 Å². The fraction of sp³-hybridized carbons (Fsp3) is 0.222. The number of carbonyl (C=O) groups excluding carboxylic acids is 1. The Morgan fingerprint density at radius 3 is 2.57 bits per heavy atom. The molecule has 0 aliphatic heterocycles. The Balaban J connectivity index is 3.27. The molecule has 0 saturated carbocycles. The van der Waals surface area contributed by atoms with Crippen LogP contribution in [0, 0.1) is 10.1 Å². The van der Waals surface area contributed by atoms with Gasteiger partial charge in [0.15, 0.2) is 5.78 Å². The molecule has 0 amide bonds. The molecule has 14 heavy (non-hydrogen) atoms. The van der Waals surface area contributed by atoms with Crippen molar-refractivity contribution in [2.75, 3.05) is 12.4 Å². The van der Waals surface area contributed by atoms with E-state index in [4.69, 9.17) is 0 Å². The molecule has 5 nitrogen and oxygen atoms in total. The molecule has 1 N–H and O–H groups in total. The van der Waals surface area contributed by atoms with Crippen molar-refractivity contribution in [3.8, 4) is 0 Å². The normalized spacial score (nSPS) is 9.57. The van der Waals surface area contributed by atoms with Gasteiger partial charge in [-0.15, -0.1) is 0 Å². The molecule has 1 aromatic rings. The maximum absolute atomic E-state index is 11.1. The summed E-state index contributed by atoms with van der Waals surface area (Å²) in [6, 6.07) is 4.15. The van der Waals surface area contributed by atoms with Crippen molar-refractivity contribution in [2.24, 2.45) is 0 Å². The Morgan fingerprint density at radius 2 is 2.14 bits per heavy atom. The number of nitrogens with one attached hydrogen (secondary N) is 1. The van der Waals surface area contributed by atoms with Gasteiger partial charge in [-0.05, 0) is 13.0 Å². The zero-order valence-electron chi connectivity index (χ0n) is 7.90. The van der Waals surface area contributed by atoms with E-state index in [1.807, 2.05) is 0 Å². The van der Waals surface area contributed by atoms with Crippen LogP contribution in [0.2, 0.25) is 0 Å². The van der Waals surface area contributed by atoms with Crippen LogP contribution >= 0.6 is 0 Å². The lowest BCUT2D eigenvalue weighted by Crippen LogP contribution is -2.01. The second kappa shape index (κ2) is 3.87. The monoisotopic (exact) mass is 194 g/mol. The summed E-state index contributed by atoms with van der Waals surface area (Å²) in [6.45, 7) is 1.37. The van der Waals surface area contributed by atoms with E-state index in [0.29, 0.717) is 11.3 Å². The smallest absolute Gasteiger partial charge is 0.270 e. The van der Waals surface area contributed by atoms with E-state index < -0.39 is 4.92 Å². The van der Waals surface area contributed by atoms with Crippen LogP contribution in [0.1, 0.15) is 17.3 Å². The van der Waals surface area contributed by atoms with Crippen LogP contribution < -0.4 is 5.32 Å². The highest BCUT2D eigenvalue weighted by atomic mass is 16.6. The first-order chi connectivity index (χ1) is 6.56. The third kappa shape index (κ3) is 1.87.